The molecule has 0 spiro atoms. The van der Waals surface area contributed by atoms with Crippen molar-refractivity contribution in [3.05, 3.63) is 41.3 Å². The smallest absolute Gasteiger partial charge is 0.375 e. The van der Waals surface area contributed by atoms with E-state index >= 15 is 0 Å². The minimum absolute atomic E-state index is 0.202. The van der Waals surface area contributed by atoms with Gasteiger partial charge in [0.15, 0.2) is 0 Å². The molecule has 1 N–H and O–H groups in total. The Bertz CT molecular complexity index is 586. The quantitative estimate of drug-likeness (QED) is 0.643. The first-order chi connectivity index (χ1) is 10.1. The molecule has 0 heterocycles. The maximum Gasteiger partial charge on any atom is 0.375 e. The van der Waals surface area contributed by atoms with Gasteiger partial charge in [-0.25, -0.2) is 4.79 Å². The van der Waals surface area contributed by atoms with Gasteiger partial charge in [0.25, 0.3) is 0 Å². The number of aliphatic carboxylic acids is 1. The molecule has 4 nitrogen and oxygen atoms in total. The fourth-order valence-corrected chi connectivity index (χ4v) is 2.94. The van der Waals surface area contributed by atoms with Gasteiger partial charge in [0, 0.05) is 0 Å². The van der Waals surface area contributed by atoms with Crippen LogP contribution in [0.4, 0.5) is 0 Å². The average Bonchev–Trinajstić information content (AvgIpc) is 3.31. The van der Waals surface area contributed by atoms with Crippen molar-refractivity contribution in [2.45, 2.75) is 32.1 Å². The lowest BCUT2D eigenvalue weighted by molar-refractivity contribution is -0.135. The summed E-state index contributed by atoms with van der Waals surface area (Å²) < 4.78 is 10.3. The van der Waals surface area contributed by atoms with Crippen LogP contribution in [0.2, 0.25) is 0 Å². The van der Waals surface area contributed by atoms with Crippen molar-refractivity contribution >= 4 is 5.97 Å². The zero-order valence-electron chi connectivity index (χ0n) is 12.3. The zero-order valence-corrected chi connectivity index (χ0v) is 12.3. The Morgan fingerprint density at radius 2 is 2.14 bits per heavy atom. The first kappa shape index (κ1) is 14.0. The third-order valence-corrected chi connectivity index (χ3v) is 4.36. The highest BCUT2D eigenvalue weighted by Crippen LogP contribution is 2.59. The van der Waals surface area contributed by atoms with Gasteiger partial charge in [0.1, 0.15) is 12.0 Å². The molecule has 4 heteroatoms. The molecule has 2 unspecified atom stereocenters. The van der Waals surface area contributed by atoms with Crippen molar-refractivity contribution in [1.29, 1.82) is 0 Å². The van der Waals surface area contributed by atoms with Gasteiger partial charge in [-0.05, 0) is 61.1 Å². The fraction of sp³-hybridized carbons (Fsp3) is 0.471. The number of carbonyl (C=O) groups is 1. The van der Waals surface area contributed by atoms with Crippen LogP contribution in [-0.2, 0) is 9.53 Å². The number of hydrogen-bond donors (Lipinski definition) is 1. The molecule has 0 radical (unpaired) electrons. The third-order valence-electron chi connectivity index (χ3n) is 4.36. The van der Waals surface area contributed by atoms with E-state index in [1.165, 1.54) is 31.9 Å². The second-order valence-electron chi connectivity index (χ2n) is 5.99. The minimum atomic E-state index is -1.14. The molecule has 2 aliphatic rings. The summed E-state index contributed by atoms with van der Waals surface area (Å²) in [7, 11) is 1.40. The summed E-state index contributed by atoms with van der Waals surface area (Å²) in [6, 6.07) is 6.11. The number of rotatable bonds is 6. The fourth-order valence-electron chi connectivity index (χ4n) is 2.94. The molecule has 2 fully saturated rings. The predicted octanol–water partition coefficient (Wildman–Crippen LogP) is 3.46. The van der Waals surface area contributed by atoms with Crippen LogP contribution in [-0.4, -0.2) is 18.2 Å². The van der Waals surface area contributed by atoms with Gasteiger partial charge >= 0.3 is 5.97 Å². The number of carboxylic acid groups (broad SMARTS) is 1. The highest BCUT2D eigenvalue weighted by molar-refractivity contribution is 5.84. The van der Waals surface area contributed by atoms with E-state index in [0.29, 0.717) is 11.7 Å². The lowest BCUT2D eigenvalue weighted by Crippen LogP contribution is -2.09. The molecule has 2 aliphatic carbocycles. The molecule has 0 bridgehead atoms. The van der Waals surface area contributed by atoms with E-state index in [0.717, 1.165) is 23.7 Å². The first-order valence-electron chi connectivity index (χ1n) is 7.34. The average molecular weight is 288 g/mol. The summed E-state index contributed by atoms with van der Waals surface area (Å²) in [6.45, 7) is 1.91. The van der Waals surface area contributed by atoms with Crippen LogP contribution >= 0.6 is 0 Å². The molecular formula is C17H20O4. The molecule has 0 aromatic heterocycles. The van der Waals surface area contributed by atoms with E-state index in [1.807, 2.05) is 19.1 Å². The van der Waals surface area contributed by atoms with Crippen LogP contribution in [0, 0.1) is 18.8 Å². The van der Waals surface area contributed by atoms with Crippen LogP contribution in [0.3, 0.4) is 0 Å². The standard InChI is InChI=1S/C17H20O4/c1-10-3-4-12(14-8-13(14)11-5-6-11)7-15(10)21-16(9-20-2)17(18)19/h3-4,7,9,11,13-14H,5-6,8H2,1-2H3,(H,18,19). The van der Waals surface area contributed by atoms with E-state index in [1.54, 1.807) is 0 Å². The molecule has 0 aliphatic heterocycles. The van der Waals surface area contributed by atoms with Crippen molar-refractivity contribution in [2.75, 3.05) is 7.11 Å². The summed E-state index contributed by atoms with van der Waals surface area (Å²) >= 11 is 0. The Morgan fingerprint density at radius 1 is 1.38 bits per heavy atom. The Labute approximate surface area is 124 Å². The monoisotopic (exact) mass is 288 g/mol. The maximum atomic E-state index is 11.1. The summed E-state index contributed by atoms with van der Waals surface area (Å²) in [6.07, 6.45) is 5.11. The number of carboxylic acids is 1. The van der Waals surface area contributed by atoms with E-state index in [4.69, 9.17) is 14.6 Å². The van der Waals surface area contributed by atoms with Crippen molar-refractivity contribution in [3.63, 3.8) is 0 Å². The van der Waals surface area contributed by atoms with Crippen LogP contribution in [0.1, 0.15) is 36.3 Å². The number of aryl methyl sites for hydroxylation is 1. The van der Waals surface area contributed by atoms with Gasteiger partial charge in [-0.1, -0.05) is 12.1 Å². The summed E-state index contributed by atoms with van der Waals surface area (Å²) in [4.78, 5) is 11.1. The van der Waals surface area contributed by atoms with E-state index in [2.05, 4.69) is 6.07 Å². The summed E-state index contributed by atoms with van der Waals surface area (Å²) in [5.41, 5.74) is 2.18. The van der Waals surface area contributed by atoms with Gasteiger partial charge in [0.2, 0.25) is 5.76 Å². The molecule has 21 heavy (non-hydrogen) atoms. The lowest BCUT2D eigenvalue weighted by Gasteiger charge is -2.11. The SMILES string of the molecule is COC=C(Oc1cc(C2CC2C2CC2)ccc1C)C(=O)O. The number of benzene rings is 1. The van der Waals surface area contributed by atoms with E-state index < -0.39 is 5.97 Å². The predicted molar refractivity (Wildman–Crippen MR) is 78.1 cm³/mol. The van der Waals surface area contributed by atoms with Gasteiger partial charge in [0.05, 0.1) is 7.11 Å². The molecule has 1 aromatic carbocycles. The highest BCUT2D eigenvalue weighted by atomic mass is 16.5. The van der Waals surface area contributed by atoms with Crippen LogP contribution in [0.5, 0.6) is 5.75 Å². The zero-order chi connectivity index (χ0) is 15.0. The summed E-state index contributed by atoms with van der Waals surface area (Å²) in [5.74, 6) is 1.63. The first-order valence-corrected chi connectivity index (χ1v) is 7.34. The van der Waals surface area contributed by atoms with Gasteiger partial charge < -0.3 is 14.6 Å². The van der Waals surface area contributed by atoms with E-state index in [-0.39, 0.29) is 5.76 Å². The molecule has 2 saturated carbocycles. The molecule has 0 saturated heterocycles. The second-order valence-corrected chi connectivity index (χ2v) is 5.99. The molecule has 3 rings (SSSR count). The molecule has 1 aromatic rings. The van der Waals surface area contributed by atoms with Crippen molar-refractivity contribution in [3.8, 4) is 5.75 Å². The Hall–Kier alpha value is -1.97. The topological polar surface area (TPSA) is 55.8 Å². The van der Waals surface area contributed by atoms with Crippen molar-refractivity contribution < 1.29 is 19.4 Å². The van der Waals surface area contributed by atoms with Crippen molar-refractivity contribution in [2.24, 2.45) is 11.8 Å². The van der Waals surface area contributed by atoms with Crippen LogP contribution < -0.4 is 4.74 Å². The van der Waals surface area contributed by atoms with Gasteiger partial charge in [-0.2, -0.15) is 0 Å². The van der Waals surface area contributed by atoms with Gasteiger partial charge in [-0.3, -0.25) is 0 Å². The highest BCUT2D eigenvalue weighted by Gasteiger charge is 2.48. The van der Waals surface area contributed by atoms with E-state index in [9.17, 15) is 4.79 Å². The molecular weight excluding hydrogens is 268 g/mol. The minimum Gasteiger partial charge on any atom is -0.500 e. The van der Waals surface area contributed by atoms with Crippen molar-refractivity contribution in [1.82, 2.24) is 0 Å². The lowest BCUT2D eigenvalue weighted by atomic mass is 10.0. The number of hydrogen-bond acceptors (Lipinski definition) is 3. The Kier molecular flexibility index (Phi) is 3.62. The number of methoxy groups -OCH3 is 1. The third kappa shape index (κ3) is 3.04. The number of ether oxygens (including phenoxy) is 2. The normalized spacial score (nSPS) is 24.6. The van der Waals surface area contributed by atoms with Crippen LogP contribution in [0.15, 0.2) is 30.2 Å². The summed E-state index contributed by atoms with van der Waals surface area (Å²) in [5, 5.41) is 9.10. The van der Waals surface area contributed by atoms with Gasteiger partial charge in [-0.15, -0.1) is 0 Å². The van der Waals surface area contributed by atoms with Crippen LogP contribution in [0.25, 0.3) is 0 Å². The Morgan fingerprint density at radius 3 is 2.76 bits per heavy atom. The largest absolute Gasteiger partial charge is 0.500 e. The molecule has 112 valence electrons. The Balaban J connectivity index is 1.78. The second kappa shape index (κ2) is 5.43. The maximum absolute atomic E-state index is 11.1. The molecule has 2 atom stereocenters. The molecule has 0 amide bonds.